The van der Waals surface area contributed by atoms with E-state index in [0.717, 1.165) is 5.76 Å². The average molecular weight is 199 g/mol. The van der Waals surface area contributed by atoms with Crippen molar-refractivity contribution in [2.75, 3.05) is 7.11 Å². The quantitative estimate of drug-likeness (QED) is 0.601. The number of ether oxygens (including phenoxy) is 2. The molecule has 0 saturated carbocycles. The van der Waals surface area contributed by atoms with Gasteiger partial charge in [0.15, 0.2) is 6.23 Å². The summed E-state index contributed by atoms with van der Waals surface area (Å²) in [6.45, 7) is 7.86. The molecule has 80 valence electrons. The summed E-state index contributed by atoms with van der Waals surface area (Å²) in [4.78, 5) is 12.9. The van der Waals surface area contributed by atoms with Crippen LogP contribution in [0.15, 0.2) is 12.0 Å². The van der Waals surface area contributed by atoms with Crippen molar-refractivity contribution in [3.63, 3.8) is 0 Å². The molecule has 0 saturated heterocycles. The lowest BCUT2D eigenvalue weighted by Crippen LogP contribution is -2.42. The van der Waals surface area contributed by atoms with Crippen molar-refractivity contribution in [2.45, 2.75) is 33.9 Å². The molecule has 1 aliphatic heterocycles. The molecule has 0 fully saturated rings. The summed E-state index contributed by atoms with van der Waals surface area (Å²) in [7, 11) is 1.36. The fourth-order valence-corrected chi connectivity index (χ4v) is 1.37. The summed E-state index contributed by atoms with van der Waals surface area (Å²) in [6, 6.07) is 0. The van der Waals surface area contributed by atoms with E-state index in [1.54, 1.807) is 6.20 Å². The third-order valence-electron chi connectivity index (χ3n) is 2.00. The van der Waals surface area contributed by atoms with Crippen molar-refractivity contribution in [3.8, 4) is 0 Å². The molecule has 0 aromatic carbocycles. The second-order valence-electron chi connectivity index (χ2n) is 4.45. The zero-order valence-corrected chi connectivity index (χ0v) is 9.33. The lowest BCUT2D eigenvalue weighted by atomic mass is 9.94. The van der Waals surface area contributed by atoms with Gasteiger partial charge in [-0.05, 0) is 6.92 Å². The van der Waals surface area contributed by atoms with E-state index in [-0.39, 0.29) is 17.7 Å². The van der Waals surface area contributed by atoms with Gasteiger partial charge in [0.1, 0.15) is 5.76 Å². The number of nitrogens with zero attached hydrogens (tertiary/aromatic N) is 1. The molecule has 1 atom stereocenters. The maximum Gasteiger partial charge on any atom is 0.416 e. The molecule has 1 unspecified atom stereocenters. The zero-order valence-electron chi connectivity index (χ0n) is 9.33. The molecule has 1 amide bonds. The second-order valence-corrected chi connectivity index (χ2v) is 4.45. The van der Waals surface area contributed by atoms with E-state index in [4.69, 9.17) is 4.74 Å². The molecule has 0 bridgehead atoms. The Morgan fingerprint density at radius 3 is 2.57 bits per heavy atom. The molecule has 0 aliphatic carbocycles. The Morgan fingerprint density at radius 2 is 2.14 bits per heavy atom. The fourth-order valence-electron chi connectivity index (χ4n) is 1.37. The first kappa shape index (κ1) is 10.9. The highest BCUT2D eigenvalue weighted by atomic mass is 16.6. The molecule has 1 heterocycles. The van der Waals surface area contributed by atoms with Crippen molar-refractivity contribution < 1.29 is 14.3 Å². The number of rotatable bonds is 0. The smallest absolute Gasteiger partial charge is 0.416 e. The Labute approximate surface area is 84.5 Å². The standard InChI is InChI=1S/C10H17NO3/c1-7-6-11(9(12)13-5)8(14-7)10(2,3)4/h6,8H,1-5H3. The Kier molecular flexibility index (Phi) is 2.73. The number of hydrogen-bond donors (Lipinski definition) is 0. The molecule has 1 aliphatic rings. The lowest BCUT2D eigenvalue weighted by Gasteiger charge is -2.32. The summed E-state index contributed by atoms with van der Waals surface area (Å²) < 4.78 is 10.2. The van der Waals surface area contributed by atoms with Crippen molar-refractivity contribution in [3.05, 3.63) is 12.0 Å². The molecule has 0 spiro atoms. The minimum absolute atomic E-state index is 0.136. The van der Waals surface area contributed by atoms with Crippen LogP contribution >= 0.6 is 0 Å². The van der Waals surface area contributed by atoms with E-state index in [0.29, 0.717) is 0 Å². The van der Waals surface area contributed by atoms with E-state index in [9.17, 15) is 4.79 Å². The van der Waals surface area contributed by atoms with Crippen LogP contribution in [0, 0.1) is 5.41 Å². The molecule has 4 nitrogen and oxygen atoms in total. The van der Waals surface area contributed by atoms with Gasteiger partial charge in [-0.25, -0.2) is 9.69 Å². The predicted octanol–water partition coefficient (Wildman–Crippen LogP) is 2.32. The Bertz CT molecular complexity index is 265. The van der Waals surface area contributed by atoms with E-state index in [1.165, 1.54) is 12.0 Å². The van der Waals surface area contributed by atoms with Crippen LogP contribution in [-0.2, 0) is 9.47 Å². The maximum absolute atomic E-state index is 11.4. The van der Waals surface area contributed by atoms with Gasteiger partial charge in [0, 0.05) is 5.41 Å². The largest absolute Gasteiger partial charge is 0.473 e. The predicted molar refractivity (Wildman–Crippen MR) is 52.3 cm³/mol. The van der Waals surface area contributed by atoms with Crippen LogP contribution in [0.1, 0.15) is 27.7 Å². The highest BCUT2D eigenvalue weighted by molar-refractivity contribution is 5.69. The normalized spacial score (nSPS) is 21.6. The molecule has 14 heavy (non-hydrogen) atoms. The number of carbonyl (C=O) groups excluding carboxylic acids is 1. The van der Waals surface area contributed by atoms with Gasteiger partial charge >= 0.3 is 6.09 Å². The van der Waals surface area contributed by atoms with Gasteiger partial charge in [0.2, 0.25) is 0 Å². The van der Waals surface area contributed by atoms with Crippen LogP contribution in [-0.4, -0.2) is 24.3 Å². The zero-order chi connectivity index (χ0) is 10.9. The fraction of sp³-hybridized carbons (Fsp3) is 0.700. The first-order valence-electron chi connectivity index (χ1n) is 4.57. The Balaban J connectivity index is 2.85. The molecule has 4 heteroatoms. The third-order valence-corrected chi connectivity index (χ3v) is 2.00. The lowest BCUT2D eigenvalue weighted by molar-refractivity contribution is -0.0319. The number of hydrogen-bond acceptors (Lipinski definition) is 3. The summed E-state index contributed by atoms with van der Waals surface area (Å²) >= 11 is 0. The van der Waals surface area contributed by atoms with Gasteiger partial charge in [0.05, 0.1) is 13.3 Å². The summed E-state index contributed by atoms with van der Waals surface area (Å²) in [6.07, 6.45) is 0.999. The summed E-state index contributed by atoms with van der Waals surface area (Å²) in [5, 5.41) is 0. The van der Waals surface area contributed by atoms with Gasteiger partial charge in [-0.2, -0.15) is 0 Å². The first-order chi connectivity index (χ1) is 6.36. The highest BCUT2D eigenvalue weighted by Crippen LogP contribution is 2.32. The Morgan fingerprint density at radius 1 is 1.57 bits per heavy atom. The van der Waals surface area contributed by atoms with Gasteiger partial charge in [0.25, 0.3) is 0 Å². The SMILES string of the molecule is COC(=O)N1C=C(C)OC1C(C)(C)C. The molecule has 0 radical (unpaired) electrons. The van der Waals surface area contributed by atoms with E-state index >= 15 is 0 Å². The van der Waals surface area contributed by atoms with Gasteiger partial charge in [-0.1, -0.05) is 20.8 Å². The number of methoxy groups -OCH3 is 1. The van der Waals surface area contributed by atoms with E-state index in [2.05, 4.69) is 4.74 Å². The molecular weight excluding hydrogens is 182 g/mol. The van der Waals surface area contributed by atoms with Crippen LogP contribution in [0.25, 0.3) is 0 Å². The molecule has 0 aromatic heterocycles. The van der Waals surface area contributed by atoms with E-state index < -0.39 is 0 Å². The van der Waals surface area contributed by atoms with Crippen LogP contribution in [0.5, 0.6) is 0 Å². The molecule has 1 rings (SSSR count). The highest BCUT2D eigenvalue weighted by Gasteiger charge is 2.38. The third kappa shape index (κ3) is 2.00. The van der Waals surface area contributed by atoms with Gasteiger partial charge in [-0.3, -0.25) is 0 Å². The molecule has 0 N–H and O–H groups in total. The topological polar surface area (TPSA) is 38.8 Å². The monoisotopic (exact) mass is 199 g/mol. The number of allylic oxidation sites excluding steroid dienone is 1. The van der Waals surface area contributed by atoms with Crippen molar-refractivity contribution in [1.82, 2.24) is 4.90 Å². The Hall–Kier alpha value is -1.19. The number of amides is 1. The average Bonchev–Trinajstić information content (AvgIpc) is 2.45. The van der Waals surface area contributed by atoms with Crippen LogP contribution in [0.4, 0.5) is 4.79 Å². The minimum Gasteiger partial charge on any atom is -0.473 e. The van der Waals surface area contributed by atoms with Crippen LogP contribution in [0.3, 0.4) is 0 Å². The molecule has 0 aromatic rings. The second kappa shape index (κ2) is 3.52. The minimum atomic E-state index is -0.387. The first-order valence-corrected chi connectivity index (χ1v) is 4.57. The van der Waals surface area contributed by atoms with E-state index in [1.807, 2.05) is 27.7 Å². The van der Waals surface area contributed by atoms with Crippen molar-refractivity contribution >= 4 is 6.09 Å². The van der Waals surface area contributed by atoms with Gasteiger partial charge in [-0.15, -0.1) is 0 Å². The van der Waals surface area contributed by atoms with Gasteiger partial charge < -0.3 is 9.47 Å². The van der Waals surface area contributed by atoms with Crippen molar-refractivity contribution in [1.29, 1.82) is 0 Å². The van der Waals surface area contributed by atoms with Crippen LogP contribution in [0.2, 0.25) is 0 Å². The number of carbonyl (C=O) groups is 1. The summed E-state index contributed by atoms with van der Waals surface area (Å²) in [5.41, 5.74) is -0.136. The van der Waals surface area contributed by atoms with Crippen LogP contribution < -0.4 is 0 Å². The maximum atomic E-state index is 11.4. The molecular formula is C10H17NO3. The van der Waals surface area contributed by atoms with Crippen molar-refractivity contribution in [2.24, 2.45) is 5.41 Å². The summed E-state index contributed by atoms with van der Waals surface area (Å²) in [5.74, 6) is 0.732.